The van der Waals surface area contributed by atoms with Crippen LogP contribution in [0.3, 0.4) is 0 Å². The number of sulfonamides is 1. The van der Waals surface area contributed by atoms with E-state index in [1.807, 2.05) is 6.07 Å². The molecule has 0 amide bonds. The number of rotatable bonds is 7. The summed E-state index contributed by atoms with van der Waals surface area (Å²) in [6.45, 7) is 0.630. The van der Waals surface area contributed by atoms with Gasteiger partial charge in [-0.3, -0.25) is 0 Å². The highest BCUT2D eigenvalue weighted by Crippen LogP contribution is 2.42. The minimum atomic E-state index is -3.78. The van der Waals surface area contributed by atoms with Crippen LogP contribution < -0.4 is 9.64 Å². The van der Waals surface area contributed by atoms with Crippen molar-refractivity contribution in [2.75, 3.05) is 25.2 Å². The highest BCUT2D eigenvalue weighted by molar-refractivity contribution is 7.89. The first-order chi connectivity index (χ1) is 16.4. The number of ether oxygens (including phenoxy) is 2. The smallest absolute Gasteiger partial charge is 0.244 e. The summed E-state index contributed by atoms with van der Waals surface area (Å²) in [5.74, 6) is 0.173. The Kier molecular flexibility index (Phi) is 6.77. The highest BCUT2D eigenvalue weighted by Gasteiger charge is 2.42. The predicted octanol–water partition coefficient (Wildman–Crippen LogP) is 4.86. The second-order valence-electron chi connectivity index (χ2n) is 9.41. The van der Waals surface area contributed by atoms with Crippen LogP contribution in [0.5, 0.6) is 5.75 Å². The number of nitrogens with zero attached hydrogens (tertiary/aromatic N) is 2. The van der Waals surface area contributed by atoms with Crippen LogP contribution in [0, 0.1) is 5.82 Å². The van der Waals surface area contributed by atoms with Crippen LogP contribution in [-0.2, 0) is 14.8 Å². The van der Waals surface area contributed by atoms with E-state index in [2.05, 4.69) is 4.90 Å². The maximum Gasteiger partial charge on any atom is 0.244 e. The molecule has 2 aromatic carbocycles. The van der Waals surface area contributed by atoms with E-state index < -0.39 is 10.0 Å². The van der Waals surface area contributed by atoms with E-state index >= 15 is 0 Å². The largest absolute Gasteiger partial charge is 0.492 e. The Balaban J connectivity index is 1.32. The van der Waals surface area contributed by atoms with Crippen LogP contribution in [-0.4, -0.2) is 57.2 Å². The molecule has 0 aromatic heterocycles. The van der Waals surface area contributed by atoms with Gasteiger partial charge in [-0.2, -0.15) is 4.31 Å². The van der Waals surface area contributed by atoms with Gasteiger partial charge in [0.2, 0.25) is 10.0 Å². The minimum Gasteiger partial charge on any atom is -0.492 e. The molecular weight excluding hydrogens is 479 g/mol. The molecule has 0 N–H and O–H groups in total. The molecule has 0 saturated carbocycles. The summed E-state index contributed by atoms with van der Waals surface area (Å²) in [4.78, 5) is 2.53. The van der Waals surface area contributed by atoms with Gasteiger partial charge in [-0.1, -0.05) is 11.6 Å². The first kappa shape index (κ1) is 23.9. The third kappa shape index (κ3) is 4.53. The minimum absolute atomic E-state index is 0.130. The number of piperidine rings is 1. The molecule has 6 nitrogen and oxygen atoms in total. The molecule has 3 fully saturated rings. The maximum absolute atomic E-state index is 13.5. The van der Waals surface area contributed by atoms with Gasteiger partial charge in [0.1, 0.15) is 23.1 Å². The topological polar surface area (TPSA) is 59.1 Å². The van der Waals surface area contributed by atoms with Gasteiger partial charge in [0.05, 0.1) is 17.2 Å². The number of benzene rings is 2. The maximum atomic E-state index is 13.5. The van der Waals surface area contributed by atoms with E-state index in [4.69, 9.17) is 21.1 Å². The number of hydrogen-bond donors (Lipinski definition) is 0. The quantitative estimate of drug-likeness (QED) is 0.534. The molecule has 1 unspecified atom stereocenters. The lowest BCUT2D eigenvalue weighted by molar-refractivity contribution is 0.0684. The number of anilines is 1. The van der Waals surface area contributed by atoms with Gasteiger partial charge in [-0.15, -0.1) is 0 Å². The molecule has 5 rings (SSSR count). The second kappa shape index (κ2) is 9.64. The standard InChI is InChI=1S/C25H30ClFN2O4S/c1-32-23-13-18-6-7-19(14-23)29(18)20-8-11-25(24(26)15-20)34(30,31)28-12-2-3-21(28)16-33-22-9-4-17(27)5-10-22/h4-5,8-11,15,18-19,21,23H,2-3,6-7,12-14,16H2,1H3/t18-,19+,21-,23?/m0/s1. The lowest BCUT2D eigenvalue weighted by Crippen LogP contribution is -2.45. The highest BCUT2D eigenvalue weighted by atomic mass is 35.5. The van der Waals surface area contributed by atoms with E-state index in [-0.39, 0.29) is 34.5 Å². The van der Waals surface area contributed by atoms with E-state index in [1.54, 1.807) is 31.4 Å². The summed E-state index contributed by atoms with van der Waals surface area (Å²) in [6, 6.07) is 11.6. The van der Waals surface area contributed by atoms with Crippen LogP contribution in [0.15, 0.2) is 47.4 Å². The molecule has 9 heteroatoms. The van der Waals surface area contributed by atoms with Crippen molar-refractivity contribution in [1.29, 1.82) is 0 Å². The molecule has 3 aliphatic rings. The molecule has 184 valence electrons. The van der Waals surface area contributed by atoms with Crippen molar-refractivity contribution in [3.8, 4) is 5.75 Å². The van der Waals surface area contributed by atoms with E-state index in [0.717, 1.165) is 37.8 Å². The fourth-order valence-corrected chi connectivity index (χ4v) is 7.94. The monoisotopic (exact) mass is 508 g/mol. The van der Waals surface area contributed by atoms with Crippen LogP contribution >= 0.6 is 11.6 Å². The van der Waals surface area contributed by atoms with Gasteiger partial charge >= 0.3 is 0 Å². The molecule has 2 aromatic rings. The molecule has 0 spiro atoms. The predicted molar refractivity (Wildman–Crippen MR) is 130 cm³/mol. The molecule has 3 aliphatic heterocycles. The third-order valence-corrected chi connectivity index (χ3v) is 9.84. The van der Waals surface area contributed by atoms with Crippen LogP contribution in [0.4, 0.5) is 10.1 Å². The van der Waals surface area contributed by atoms with Crippen molar-refractivity contribution < 1.29 is 22.3 Å². The number of hydrogen-bond acceptors (Lipinski definition) is 5. The molecule has 34 heavy (non-hydrogen) atoms. The lowest BCUT2D eigenvalue weighted by atomic mass is 9.99. The average Bonchev–Trinajstić information content (AvgIpc) is 3.41. The van der Waals surface area contributed by atoms with Crippen LogP contribution in [0.25, 0.3) is 0 Å². The Bertz CT molecular complexity index is 1120. The zero-order chi connectivity index (χ0) is 23.9. The van der Waals surface area contributed by atoms with E-state index in [9.17, 15) is 12.8 Å². The number of halogens is 2. The summed E-state index contributed by atoms with van der Waals surface area (Å²) < 4.78 is 53.1. The Hall–Kier alpha value is -1.87. The molecule has 2 bridgehead atoms. The zero-order valence-electron chi connectivity index (χ0n) is 19.2. The molecule has 4 atom stereocenters. The van der Waals surface area contributed by atoms with Crippen molar-refractivity contribution >= 4 is 27.3 Å². The second-order valence-corrected chi connectivity index (χ2v) is 11.7. The molecule has 3 saturated heterocycles. The summed E-state index contributed by atoms with van der Waals surface area (Å²) >= 11 is 6.59. The summed E-state index contributed by atoms with van der Waals surface area (Å²) in [7, 11) is -2.01. The van der Waals surface area contributed by atoms with Crippen molar-refractivity contribution in [2.45, 2.75) is 67.6 Å². The molecule has 0 radical (unpaired) electrons. The fraction of sp³-hybridized carbons (Fsp3) is 0.520. The van der Waals surface area contributed by atoms with Crippen molar-refractivity contribution in [3.63, 3.8) is 0 Å². The van der Waals surface area contributed by atoms with Crippen LogP contribution in [0.1, 0.15) is 38.5 Å². The number of fused-ring (bicyclic) bond motifs is 2. The van der Waals surface area contributed by atoms with Gasteiger partial charge in [0.15, 0.2) is 0 Å². The first-order valence-electron chi connectivity index (χ1n) is 11.9. The molecular formula is C25H30ClFN2O4S. The van der Waals surface area contributed by atoms with Gasteiger partial charge in [0, 0.05) is 31.4 Å². The first-order valence-corrected chi connectivity index (χ1v) is 13.7. The zero-order valence-corrected chi connectivity index (χ0v) is 20.8. The van der Waals surface area contributed by atoms with Gasteiger partial charge in [0.25, 0.3) is 0 Å². The summed E-state index contributed by atoms with van der Waals surface area (Å²) in [5.41, 5.74) is 0.976. The molecule has 0 aliphatic carbocycles. The van der Waals surface area contributed by atoms with Crippen molar-refractivity contribution in [1.82, 2.24) is 4.31 Å². The average molecular weight is 509 g/mol. The Morgan fingerprint density at radius 1 is 1.06 bits per heavy atom. The van der Waals surface area contributed by atoms with Crippen molar-refractivity contribution in [3.05, 3.63) is 53.3 Å². The fourth-order valence-electron chi connectivity index (χ4n) is 5.74. The van der Waals surface area contributed by atoms with E-state index in [0.29, 0.717) is 30.8 Å². The Morgan fingerprint density at radius 3 is 2.41 bits per heavy atom. The normalized spacial score (nSPS) is 27.3. The number of methoxy groups -OCH3 is 1. The lowest BCUT2D eigenvalue weighted by Gasteiger charge is -2.40. The van der Waals surface area contributed by atoms with Gasteiger partial charge < -0.3 is 14.4 Å². The van der Waals surface area contributed by atoms with Crippen molar-refractivity contribution in [2.24, 2.45) is 0 Å². The van der Waals surface area contributed by atoms with Crippen LogP contribution in [0.2, 0.25) is 5.02 Å². The van der Waals surface area contributed by atoms with E-state index in [1.165, 1.54) is 16.4 Å². The Morgan fingerprint density at radius 2 is 1.76 bits per heavy atom. The summed E-state index contributed by atoms with van der Waals surface area (Å²) in [6.07, 6.45) is 5.94. The summed E-state index contributed by atoms with van der Waals surface area (Å²) in [5, 5.41) is 0.246. The third-order valence-electron chi connectivity index (χ3n) is 7.40. The van der Waals surface area contributed by atoms with Gasteiger partial charge in [-0.05, 0) is 81.0 Å². The van der Waals surface area contributed by atoms with Gasteiger partial charge in [-0.25, -0.2) is 12.8 Å². The SMILES string of the molecule is COC1C[C@H]2CC[C@@H](C1)N2c1ccc(S(=O)(=O)N2CCC[C@H]2COc2ccc(F)cc2)c(Cl)c1. The molecule has 3 heterocycles. The Labute approximate surface area is 205 Å².